The maximum Gasteiger partial charge on any atom is 0.134 e. The number of hydrogen-bond donors (Lipinski definition) is 3. The smallest absolute Gasteiger partial charge is 0.134 e. The van der Waals surface area contributed by atoms with Crippen molar-refractivity contribution in [1.29, 1.82) is 0 Å². The molecule has 17 heavy (non-hydrogen) atoms. The molecule has 0 spiro atoms. The molecule has 1 aliphatic rings. The van der Waals surface area contributed by atoms with Crippen LogP contribution in [0.1, 0.15) is 25.3 Å². The molecule has 2 rings (SSSR count). The standard InChI is InChI=1S/C12H20N4O/c1-3-13-11-8(2)12(16-7-15-11)14-6-9-4-10(17)5-9/h7,9-10,17H,3-6H2,1-2H3,(H2,13,14,15,16). The monoisotopic (exact) mass is 236 g/mol. The van der Waals surface area contributed by atoms with Crippen LogP contribution < -0.4 is 10.6 Å². The van der Waals surface area contributed by atoms with Gasteiger partial charge in [0.05, 0.1) is 6.10 Å². The predicted octanol–water partition coefficient (Wildman–Crippen LogP) is 1.40. The Bertz CT molecular complexity index is 377. The second-order valence-corrected chi connectivity index (χ2v) is 4.60. The maximum absolute atomic E-state index is 9.22. The molecule has 0 aliphatic heterocycles. The van der Waals surface area contributed by atoms with Crippen LogP contribution in [0.5, 0.6) is 0 Å². The zero-order valence-corrected chi connectivity index (χ0v) is 10.4. The molecule has 5 nitrogen and oxygen atoms in total. The molecule has 0 bridgehead atoms. The lowest BCUT2D eigenvalue weighted by atomic mass is 9.82. The van der Waals surface area contributed by atoms with Crippen LogP contribution in [0.2, 0.25) is 0 Å². The Morgan fingerprint density at radius 3 is 2.53 bits per heavy atom. The van der Waals surface area contributed by atoms with Crippen LogP contribution in [0.15, 0.2) is 6.33 Å². The van der Waals surface area contributed by atoms with Crippen molar-refractivity contribution in [1.82, 2.24) is 9.97 Å². The van der Waals surface area contributed by atoms with Crippen LogP contribution in [0.3, 0.4) is 0 Å². The number of nitrogens with one attached hydrogen (secondary N) is 2. The van der Waals surface area contributed by atoms with Crippen molar-refractivity contribution in [2.24, 2.45) is 5.92 Å². The highest BCUT2D eigenvalue weighted by atomic mass is 16.3. The van der Waals surface area contributed by atoms with Crippen molar-refractivity contribution in [2.75, 3.05) is 23.7 Å². The summed E-state index contributed by atoms with van der Waals surface area (Å²) in [6.07, 6.45) is 3.28. The summed E-state index contributed by atoms with van der Waals surface area (Å²) in [5.41, 5.74) is 1.05. The Kier molecular flexibility index (Phi) is 3.78. The van der Waals surface area contributed by atoms with Gasteiger partial charge < -0.3 is 15.7 Å². The molecule has 1 heterocycles. The summed E-state index contributed by atoms with van der Waals surface area (Å²) in [6.45, 7) is 5.78. The number of aromatic nitrogens is 2. The Hall–Kier alpha value is -1.36. The van der Waals surface area contributed by atoms with Crippen molar-refractivity contribution in [2.45, 2.75) is 32.8 Å². The van der Waals surface area contributed by atoms with E-state index >= 15 is 0 Å². The summed E-state index contributed by atoms with van der Waals surface area (Å²) >= 11 is 0. The summed E-state index contributed by atoms with van der Waals surface area (Å²) in [7, 11) is 0. The normalized spacial score (nSPS) is 23.0. The predicted molar refractivity (Wildman–Crippen MR) is 68.2 cm³/mol. The van der Waals surface area contributed by atoms with Crippen molar-refractivity contribution in [3.63, 3.8) is 0 Å². The van der Waals surface area contributed by atoms with Crippen LogP contribution in [-0.2, 0) is 0 Å². The van der Waals surface area contributed by atoms with Crippen molar-refractivity contribution < 1.29 is 5.11 Å². The molecule has 1 aromatic rings. The zero-order valence-electron chi connectivity index (χ0n) is 10.4. The third-order valence-electron chi connectivity index (χ3n) is 3.20. The second-order valence-electron chi connectivity index (χ2n) is 4.60. The SMILES string of the molecule is CCNc1ncnc(NCC2CC(O)C2)c1C. The quantitative estimate of drug-likeness (QED) is 0.721. The molecule has 94 valence electrons. The lowest BCUT2D eigenvalue weighted by Gasteiger charge is -2.31. The molecule has 1 fully saturated rings. The fraction of sp³-hybridized carbons (Fsp3) is 0.667. The number of rotatable bonds is 5. The molecule has 0 saturated heterocycles. The van der Waals surface area contributed by atoms with E-state index in [4.69, 9.17) is 0 Å². The van der Waals surface area contributed by atoms with Gasteiger partial charge in [-0.3, -0.25) is 0 Å². The first-order chi connectivity index (χ1) is 8.20. The van der Waals surface area contributed by atoms with Gasteiger partial charge in [0.1, 0.15) is 18.0 Å². The Morgan fingerprint density at radius 1 is 1.29 bits per heavy atom. The highest BCUT2D eigenvalue weighted by molar-refractivity contribution is 5.56. The van der Waals surface area contributed by atoms with Gasteiger partial charge in [-0.25, -0.2) is 9.97 Å². The molecule has 1 aliphatic carbocycles. The van der Waals surface area contributed by atoms with E-state index in [1.54, 1.807) is 6.33 Å². The van der Waals surface area contributed by atoms with Gasteiger partial charge in [0.15, 0.2) is 0 Å². The van der Waals surface area contributed by atoms with Crippen LogP contribution in [0, 0.1) is 12.8 Å². The van der Waals surface area contributed by atoms with E-state index in [1.807, 2.05) is 13.8 Å². The summed E-state index contributed by atoms with van der Waals surface area (Å²) in [5, 5.41) is 15.8. The first kappa shape index (κ1) is 12.1. The van der Waals surface area contributed by atoms with Gasteiger partial charge in [-0.2, -0.15) is 0 Å². The van der Waals surface area contributed by atoms with E-state index in [9.17, 15) is 5.11 Å². The molecule has 1 aromatic heterocycles. The van der Waals surface area contributed by atoms with E-state index in [0.717, 1.165) is 43.1 Å². The second kappa shape index (κ2) is 5.31. The molecule has 0 radical (unpaired) electrons. The number of nitrogens with zero attached hydrogens (tertiary/aromatic N) is 2. The van der Waals surface area contributed by atoms with Gasteiger partial charge >= 0.3 is 0 Å². The minimum Gasteiger partial charge on any atom is -0.393 e. The van der Waals surface area contributed by atoms with E-state index in [2.05, 4.69) is 20.6 Å². The molecular formula is C12H20N4O. The molecule has 0 amide bonds. The van der Waals surface area contributed by atoms with Crippen LogP contribution >= 0.6 is 0 Å². The van der Waals surface area contributed by atoms with Gasteiger partial charge in [0.25, 0.3) is 0 Å². The molecule has 1 saturated carbocycles. The summed E-state index contributed by atoms with van der Waals surface area (Å²) in [6, 6.07) is 0. The van der Waals surface area contributed by atoms with Crippen molar-refractivity contribution >= 4 is 11.6 Å². The van der Waals surface area contributed by atoms with Gasteiger partial charge in [-0.05, 0) is 32.6 Å². The van der Waals surface area contributed by atoms with Crippen molar-refractivity contribution in [3.8, 4) is 0 Å². The maximum atomic E-state index is 9.22. The molecule has 0 unspecified atom stereocenters. The lowest BCUT2D eigenvalue weighted by molar-refractivity contribution is 0.0486. The average Bonchev–Trinajstić information content (AvgIpc) is 2.27. The van der Waals surface area contributed by atoms with Crippen LogP contribution in [0.25, 0.3) is 0 Å². The zero-order chi connectivity index (χ0) is 12.3. The number of anilines is 2. The van der Waals surface area contributed by atoms with Gasteiger partial charge in [0, 0.05) is 18.7 Å². The fourth-order valence-corrected chi connectivity index (χ4v) is 2.08. The molecule has 5 heteroatoms. The highest BCUT2D eigenvalue weighted by Crippen LogP contribution is 2.27. The molecule has 0 atom stereocenters. The number of aliphatic hydroxyl groups is 1. The third-order valence-corrected chi connectivity index (χ3v) is 3.20. The summed E-state index contributed by atoms with van der Waals surface area (Å²) in [5.74, 6) is 2.35. The highest BCUT2D eigenvalue weighted by Gasteiger charge is 2.26. The first-order valence-electron chi connectivity index (χ1n) is 6.18. The minimum absolute atomic E-state index is 0.0920. The van der Waals surface area contributed by atoms with E-state index in [0.29, 0.717) is 5.92 Å². The van der Waals surface area contributed by atoms with Crippen LogP contribution in [-0.4, -0.2) is 34.3 Å². The van der Waals surface area contributed by atoms with E-state index in [1.165, 1.54) is 0 Å². The summed E-state index contributed by atoms with van der Waals surface area (Å²) < 4.78 is 0. The average molecular weight is 236 g/mol. The van der Waals surface area contributed by atoms with Gasteiger partial charge in [-0.1, -0.05) is 0 Å². The van der Waals surface area contributed by atoms with E-state index < -0.39 is 0 Å². The first-order valence-corrected chi connectivity index (χ1v) is 6.18. The number of hydrogen-bond acceptors (Lipinski definition) is 5. The third kappa shape index (κ3) is 2.85. The fourth-order valence-electron chi connectivity index (χ4n) is 2.08. The topological polar surface area (TPSA) is 70.1 Å². The molecular weight excluding hydrogens is 216 g/mol. The number of aliphatic hydroxyl groups excluding tert-OH is 1. The Morgan fingerprint density at radius 2 is 1.94 bits per heavy atom. The van der Waals surface area contributed by atoms with Gasteiger partial charge in [-0.15, -0.1) is 0 Å². The van der Waals surface area contributed by atoms with Crippen molar-refractivity contribution in [3.05, 3.63) is 11.9 Å². The lowest BCUT2D eigenvalue weighted by Crippen LogP contribution is -2.33. The minimum atomic E-state index is -0.0920. The molecule has 0 aromatic carbocycles. The largest absolute Gasteiger partial charge is 0.393 e. The van der Waals surface area contributed by atoms with Gasteiger partial charge in [0.2, 0.25) is 0 Å². The Labute approximate surface area is 102 Å². The summed E-state index contributed by atoms with van der Waals surface area (Å²) in [4.78, 5) is 8.45. The Balaban J connectivity index is 1.93. The van der Waals surface area contributed by atoms with E-state index in [-0.39, 0.29) is 6.10 Å². The molecule has 3 N–H and O–H groups in total. The van der Waals surface area contributed by atoms with Crippen LogP contribution in [0.4, 0.5) is 11.6 Å².